The van der Waals surface area contributed by atoms with Crippen LogP contribution in [-0.4, -0.2) is 19.8 Å². The molecule has 1 fully saturated rings. The summed E-state index contributed by atoms with van der Waals surface area (Å²) in [5, 5.41) is 3.68. The van der Waals surface area contributed by atoms with Crippen LogP contribution < -0.4 is 5.32 Å². The van der Waals surface area contributed by atoms with Gasteiger partial charge in [0.25, 0.3) is 0 Å². The quantitative estimate of drug-likeness (QED) is 0.889. The lowest BCUT2D eigenvalue weighted by molar-refractivity contribution is 0.177. The minimum absolute atomic E-state index is 0.465. The van der Waals surface area contributed by atoms with Gasteiger partial charge in [0.05, 0.1) is 10.4 Å². The second-order valence-electron chi connectivity index (χ2n) is 4.66. The minimum atomic E-state index is 0.465. The summed E-state index contributed by atoms with van der Waals surface area (Å²) in [7, 11) is 0. The topological polar surface area (TPSA) is 21.3 Å². The van der Waals surface area contributed by atoms with Crippen LogP contribution in [0.15, 0.2) is 9.85 Å². The summed E-state index contributed by atoms with van der Waals surface area (Å²) in [6.07, 6.45) is 2.35. The molecule has 0 radical (unpaired) electrons. The fourth-order valence-electron chi connectivity index (χ4n) is 2.25. The van der Waals surface area contributed by atoms with E-state index in [2.05, 4.69) is 41.2 Å². The van der Waals surface area contributed by atoms with Crippen molar-refractivity contribution in [3.63, 3.8) is 0 Å². The van der Waals surface area contributed by atoms with Gasteiger partial charge in [-0.15, -0.1) is 11.3 Å². The van der Waals surface area contributed by atoms with Gasteiger partial charge in [-0.25, -0.2) is 0 Å². The zero-order valence-electron chi connectivity index (χ0n) is 10.5. The Balaban J connectivity index is 2.13. The van der Waals surface area contributed by atoms with E-state index in [-0.39, 0.29) is 0 Å². The first-order valence-corrected chi connectivity index (χ1v) is 7.90. The van der Waals surface area contributed by atoms with Gasteiger partial charge >= 0.3 is 0 Å². The van der Waals surface area contributed by atoms with Crippen LogP contribution in [0.5, 0.6) is 0 Å². The average Bonchev–Trinajstić information content (AvgIpc) is 2.92. The molecule has 1 saturated heterocycles. The third-order valence-electron chi connectivity index (χ3n) is 3.23. The Kier molecular flexibility index (Phi) is 5.03. The SMILES string of the molecule is CCCNC(c1cc(C)c(Br)s1)C1CCOC1. The number of hydrogen-bond acceptors (Lipinski definition) is 3. The van der Waals surface area contributed by atoms with Crippen LogP contribution in [0, 0.1) is 12.8 Å². The molecular formula is C13H20BrNOS. The molecule has 2 rings (SSSR count). The van der Waals surface area contributed by atoms with Crippen LogP contribution in [-0.2, 0) is 4.74 Å². The molecule has 0 aliphatic carbocycles. The fourth-order valence-corrected chi connectivity index (χ4v) is 3.99. The Hall–Kier alpha value is 0.1000. The third-order valence-corrected chi connectivity index (χ3v) is 5.45. The number of rotatable bonds is 5. The van der Waals surface area contributed by atoms with E-state index < -0.39 is 0 Å². The van der Waals surface area contributed by atoms with E-state index in [1.165, 1.54) is 27.1 Å². The zero-order chi connectivity index (χ0) is 12.3. The Morgan fingerprint density at radius 3 is 3.00 bits per heavy atom. The Morgan fingerprint density at radius 2 is 2.47 bits per heavy atom. The Labute approximate surface area is 116 Å². The van der Waals surface area contributed by atoms with Crippen molar-refractivity contribution in [1.29, 1.82) is 0 Å². The van der Waals surface area contributed by atoms with E-state index in [0.29, 0.717) is 12.0 Å². The van der Waals surface area contributed by atoms with Crippen LogP contribution in [0.1, 0.15) is 36.2 Å². The van der Waals surface area contributed by atoms with Crippen molar-refractivity contribution < 1.29 is 4.74 Å². The molecule has 17 heavy (non-hydrogen) atoms. The normalized spacial score (nSPS) is 21.9. The lowest BCUT2D eigenvalue weighted by Crippen LogP contribution is -2.28. The van der Waals surface area contributed by atoms with Crippen LogP contribution >= 0.6 is 27.3 Å². The molecule has 4 heteroatoms. The molecule has 2 nitrogen and oxygen atoms in total. The van der Waals surface area contributed by atoms with Gasteiger partial charge in [0.15, 0.2) is 0 Å². The number of nitrogens with one attached hydrogen (secondary N) is 1. The van der Waals surface area contributed by atoms with Crippen molar-refractivity contribution in [2.75, 3.05) is 19.8 Å². The number of aryl methyl sites for hydroxylation is 1. The molecule has 1 aliphatic rings. The van der Waals surface area contributed by atoms with Gasteiger partial charge < -0.3 is 10.1 Å². The van der Waals surface area contributed by atoms with Crippen molar-refractivity contribution >= 4 is 27.3 Å². The molecule has 1 aromatic heterocycles. The summed E-state index contributed by atoms with van der Waals surface area (Å²) >= 11 is 5.48. The van der Waals surface area contributed by atoms with Gasteiger partial charge in [-0.05, 0) is 53.9 Å². The number of ether oxygens (including phenoxy) is 1. The fraction of sp³-hybridized carbons (Fsp3) is 0.692. The van der Waals surface area contributed by atoms with Gasteiger partial charge in [0.2, 0.25) is 0 Å². The second-order valence-corrected chi connectivity index (χ2v) is 7.06. The van der Waals surface area contributed by atoms with Crippen molar-refractivity contribution in [1.82, 2.24) is 5.32 Å². The maximum Gasteiger partial charge on any atom is 0.0731 e. The molecule has 0 spiro atoms. The highest BCUT2D eigenvalue weighted by Gasteiger charge is 2.28. The van der Waals surface area contributed by atoms with Crippen LogP contribution in [0.4, 0.5) is 0 Å². The molecule has 1 aromatic rings. The maximum absolute atomic E-state index is 5.53. The lowest BCUT2D eigenvalue weighted by Gasteiger charge is -2.22. The molecule has 0 amide bonds. The summed E-state index contributed by atoms with van der Waals surface area (Å²) in [5.74, 6) is 0.631. The maximum atomic E-state index is 5.53. The number of halogens is 1. The molecule has 2 atom stereocenters. The predicted octanol–water partition coefficient (Wildman–Crippen LogP) is 3.90. The Morgan fingerprint density at radius 1 is 1.65 bits per heavy atom. The van der Waals surface area contributed by atoms with Crippen LogP contribution in [0.3, 0.4) is 0 Å². The molecule has 2 heterocycles. The van der Waals surface area contributed by atoms with Gasteiger partial charge in [-0.3, -0.25) is 0 Å². The van der Waals surface area contributed by atoms with Gasteiger partial charge in [-0.1, -0.05) is 6.92 Å². The van der Waals surface area contributed by atoms with Gasteiger partial charge in [0, 0.05) is 23.4 Å². The molecule has 2 unspecified atom stereocenters. The summed E-state index contributed by atoms with van der Waals surface area (Å²) in [6.45, 7) is 7.27. The first-order valence-electron chi connectivity index (χ1n) is 6.29. The smallest absolute Gasteiger partial charge is 0.0731 e. The van der Waals surface area contributed by atoms with Gasteiger partial charge in [-0.2, -0.15) is 0 Å². The standard InChI is InChI=1S/C13H20BrNOS/c1-3-5-15-12(10-4-6-16-8-10)11-7-9(2)13(14)17-11/h7,10,12,15H,3-6,8H2,1-2H3. The highest BCUT2D eigenvalue weighted by molar-refractivity contribution is 9.11. The predicted molar refractivity (Wildman–Crippen MR) is 76.7 cm³/mol. The molecule has 96 valence electrons. The largest absolute Gasteiger partial charge is 0.381 e. The molecule has 0 aromatic carbocycles. The van der Waals surface area contributed by atoms with Crippen molar-refractivity contribution in [3.8, 4) is 0 Å². The van der Waals surface area contributed by atoms with Gasteiger partial charge in [0.1, 0.15) is 0 Å². The molecule has 0 bridgehead atoms. The van der Waals surface area contributed by atoms with E-state index >= 15 is 0 Å². The zero-order valence-corrected chi connectivity index (χ0v) is 12.9. The summed E-state index contributed by atoms with van der Waals surface area (Å²) < 4.78 is 6.79. The van der Waals surface area contributed by atoms with E-state index in [0.717, 1.165) is 19.8 Å². The number of hydrogen-bond donors (Lipinski definition) is 1. The van der Waals surface area contributed by atoms with Crippen LogP contribution in [0.2, 0.25) is 0 Å². The van der Waals surface area contributed by atoms with E-state index in [1.807, 2.05) is 11.3 Å². The Bertz CT molecular complexity index is 341. The number of thiophene rings is 1. The van der Waals surface area contributed by atoms with E-state index in [9.17, 15) is 0 Å². The van der Waals surface area contributed by atoms with Crippen molar-refractivity contribution in [2.45, 2.75) is 32.7 Å². The summed E-state index contributed by atoms with van der Waals surface area (Å²) in [6, 6.07) is 2.77. The summed E-state index contributed by atoms with van der Waals surface area (Å²) in [5.41, 5.74) is 1.34. The lowest BCUT2D eigenvalue weighted by atomic mass is 9.97. The van der Waals surface area contributed by atoms with Crippen LogP contribution in [0.25, 0.3) is 0 Å². The van der Waals surface area contributed by atoms with Crippen molar-refractivity contribution in [3.05, 3.63) is 20.3 Å². The third kappa shape index (κ3) is 3.31. The highest BCUT2D eigenvalue weighted by Crippen LogP contribution is 2.36. The van der Waals surface area contributed by atoms with E-state index in [1.54, 1.807) is 0 Å². The second kappa shape index (κ2) is 6.32. The minimum Gasteiger partial charge on any atom is -0.381 e. The first-order chi connectivity index (χ1) is 8.22. The van der Waals surface area contributed by atoms with Crippen molar-refractivity contribution in [2.24, 2.45) is 5.92 Å². The first kappa shape index (κ1) is 13.5. The van der Waals surface area contributed by atoms with E-state index in [4.69, 9.17) is 4.74 Å². The summed E-state index contributed by atoms with van der Waals surface area (Å²) in [4.78, 5) is 1.44. The molecule has 1 aliphatic heterocycles. The average molecular weight is 318 g/mol. The molecular weight excluding hydrogens is 298 g/mol. The monoisotopic (exact) mass is 317 g/mol. The highest BCUT2D eigenvalue weighted by atomic mass is 79.9. The molecule has 0 saturated carbocycles. The molecule has 1 N–H and O–H groups in total.